The van der Waals surface area contributed by atoms with Crippen molar-refractivity contribution in [2.75, 3.05) is 18.4 Å². The standard InChI is InChI=1S/C12H11F3N4O2/c13-12(14,15)10(20)17-4-5-18-11(21)19-9-3-1-2-8(6-9)7-16/h1-3,6H,4-5H2,(H,17,20)(H2,18,19,21). The number of nitrogens with zero attached hydrogens (tertiary/aromatic N) is 1. The summed E-state index contributed by atoms with van der Waals surface area (Å²) in [5.74, 6) is -2.06. The Labute approximate surface area is 117 Å². The molecule has 0 heterocycles. The zero-order valence-corrected chi connectivity index (χ0v) is 10.6. The van der Waals surface area contributed by atoms with E-state index >= 15 is 0 Å². The summed E-state index contributed by atoms with van der Waals surface area (Å²) < 4.78 is 35.6. The average molecular weight is 300 g/mol. The monoisotopic (exact) mass is 300 g/mol. The number of rotatable bonds is 4. The van der Waals surface area contributed by atoms with Gasteiger partial charge in [-0.05, 0) is 18.2 Å². The second kappa shape index (κ2) is 7.14. The molecule has 0 saturated carbocycles. The molecule has 0 atom stereocenters. The topological polar surface area (TPSA) is 94.0 Å². The number of carbonyl (C=O) groups is 2. The Morgan fingerprint density at radius 2 is 1.86 bits per heavy atom. The average Bonchev–Trinajstić information content (AvgIpc) is 2.42. The number of hydrogen-bond acceptors (Lipinski definition) is 3. The van der Waals surface area contributed by atoms with Crippen LogP contribution >= 0.6 is 0 Å². The van der Waals surface area contributed by atoms with Crippen molar-refractivity contribution in [1.82, 2.24) is 10.6 Å². The highest BCUT2D eigenvalue weighted by molar-refractivity contribution is 5.89. The number of anilines is 1. The van der Waals surface area contributed by atoms with Crippen molar-refractivity contribution in [2.45, 2.75) is 6.18 Å². The summed E-state index contributed by atoms with van der Waals surface area (Å²) in [6.45, 7) is -0.532. The van der Waals surface area contributed by atoms with Gasteiger partial charge in [-0.2, -0.15) is 18.4 Å². The number of amides is 3. The smallest absolute Gasteiger partial charge is 0.347 e. The van der Waals surface area contributed by atoms with Crippen LogP contribution in [0, 0.1) is 11.3 Å². The van der Waals surface area contributed by atoms with Gasteiger partial charge in [-0.3, -0.25) is 4.79 Å². The van der Waals surface area contributed by atoms with E-state index in [2.05, 4.69) is 10.6 Å². The molecule has 1 aromatic carbocycles. The first-order valence-corrected chi connectivity index (χ1v) is 5.73. The molecule has 0 aromatic heterocycles. The minimum Gasteiger partial charge on any atom is -0.347 e. The summed E-state index contributed by atoms with van der Waals surface area (Å²) in [6, 6.07) is 7.33. The van der Waals surface area contributed by atoms with E-state index in [-0.39, 0.29) is 13.1 Å². The van der Waals surface area contributed by atoms with Crippen molar-refractivity contribution >= 4 is 17.6 Å². The van der Waals surface area contributed by atoms with Crippen LogP contribution in [0.3, 0.4) is 0 Å². The van der Waals surface area contributed by atoms with Gasteiger partial charge < -0.3 is 16.0 Å². The molecule has 3 N–H and O–H groups in total. The molecule has 0 spiro atoms. The van der Waals surface area contributed by atoms with Crippen LogP contribution in [-0.4, -0.2) is 31.2 Å². The molecule has 0 saturated heterocycles. The molecule has 6 nitrogen and oxygen atoms in total. The molecule has 0 aliphatic heterocycles. The number of nitrogens with one attached hydrogen (secondary N) is 3. The normalized spacial score (nSPS) is 10.4. The van der Waals surface area contributed by atoms with Gasteiger partial charge in [-0.1, -0.05) is 6.07 Å². The molecule has 0 unspecified atom stereocenters. The van der Waals surface area contributed by atoms with Crippen LogP contribution in [0.1, 0.15) is 5.56 Å². The van der Waals surface area contributed by atoms with Crippen LogP contribution in [0.25, 0.3) is 0 Å². The fraction of sp³-hybridized carbons (Fsp3) is 0.250. The molecule has 0 bridgehead atoms. The third kappa shape index (κ3) is 5.82. The van der Waals surface area contributed by atoms with Crippen molar-refractivity contribution in [1.29, 1.82) is 5.26 Å². The molecule has 1 rings (SSSR count). The van der Waals surface area contributed by atoms with Crippen LogP contribution in [0.2, 0.25) is 0 Å². The Morgan fingerprint density at radius 1 is 1.19 bits per heavy atom. The van der Waals surface area contributed by atoms with Crippen LogP contribution in [0.5, 0.6) is 0 Å². The summed E-state index contributed by atoms with van der Waals surface area (Å²) >= 11 is 0. The van der Waals surface area contributed by atoms with Gasteiger partial charge in [0.15, 0.2) is 0 Å². The molecule has 1 aromatic rings. The number of carbonyl (C=O) groups excluding carboxylic acids is 2. The summed E-state index contributed by atoms with van der Waals surface area (Å²) in [7, 11) is 0. The van der Waals surface area contributed by atoms with Gasteiger partial charge >= 0.3 is 18.1 Å². The molecule has 21 heavy (non-hydrogen) atoms. The zero-order valence-electron chi connectivity index (χ0n) is 10.6. The van der Waals surface area contributed by atoms with E-state index in [1.54, 1.807) is 23.5 Å². The quantitative estimate of drug-likeness (QED) is 0.733. The molecular formula is C12H11F3N4O2. The van der Waals surface area contributed by atoms with E-state index in [4.69, 9.17) is 5.26 Å². The van der Waals surface area contributed by atoms with E-state index < -0.39 is 18.1 Å². The number of urea groups is 1. The summed E-state index contributed by atoms with van der Waals surface area (Å²) in [5.41, 5.74) is 0.719. The lowest BCUT2D eigenvalue weighted by Gasteiger charge is -2.09. The summed E-state index contributed by atoms with van der Waals surface area (Å²) in [6.07, 6.45) is -4.94. The van der Waals surface area contributed by atoms with Crippen LogP contribution in [0.15, 0.2) is 24.3 Å². The van der Waals surface area contributed by atoms with E-state index in [0.717, 1.165) is 0 Å². The lowest BCUT2D eigenvalue weighted by molar-refractivity contribution is -0.173. The minimum absolute atomic E-state index is 0.175. The van der Waals surface area contributed by atoms with Gasteiger partial charge in [0.1, 0.15) is 0 Å². The maximum absolute atomic E-state index is 11.9. The Bertz CT molecular complexity index is 566. The Hall–Kier alpha value is -2.76. The minimum atomic E-state index is -4.94. The maximum Gasteiger partial charge on any atom is 0.471 e. The molecule has 0 aliphatic rings. The number of hydrogen-bond donors (Lipinski definition) is 3. The van der Waals surface area contributed by atoms with Crippen molar-refractivity contribution in [2.24, 2.45) is 0 Å². The second-order valence-electron chi connectivity index (χ2n) is 3.83. The SMILES string of the molecule is N#Cc1cccc(NC(=O)NCCNC(=O)C(F)(F)F)c1. The largest absolute Gasteiger partial charge is 0.471 e. The number of alkyl halides is 3. The predicted octanol–water partition coefficient (Wildman–Crippen LogP) is 1.36. The first-order chi connectivity index (χ1) is 9.82. The van der Waals surface area contributed by atoms with E-state index in [1.807, 2.05) is 6.07 Å². The van der Waals surface area contributed by atoms with Gasteiger partial charge in [0.25, 0.3) is 0 Å². The van der Waals surface area contributed by atoms with Gasteiger partial charge in [0.05, 0.1) is 11.6 Å². The van der Waals surface area contributed by atoms with Crippen molar-refractivity contribution < 1.29 is 22.8 Å². The number of nitriles is 1. The van der Waals surface area contributed by atoms with Crippen LogP contribution < -0.4 is 16.0 Å². The molecule has 0 aliphatic carbocycles. The van der Waals surface area contributed by atoms with Gasteiger partial charge in [-0.25, -0.2) is 4.79 Å². The lowest BCUT2D eigenvalue weighted by atomic mass is 10.2. The Morgan fingerprint density at radius 3 is 2.48 bits per heavy atom. The molecule has 0 fully saturated rings. The fourth-order valence-corrected chi connectivity index (χ4v) is 1.29. The van der Waals surface area contributed by atoms with Gasteiger partial charge in [-0.15, -0.1) is 0 Å². The lowest BCUT2D eigenvalue weighted by Crippen LogP contribution is -2.41. The maximum atomic E-state index is 11.9. The Kier molecular flexibility index (Phi) is 5.54. The van der Waals surface area contributed by atoms with Crippen LogP contribution in [-0.2, 0) is 4.79 Å². The highest BCUT2D eigenvalue weighted by Crippen LogP contribution is 2.13. The number of benzene rings is 1. The highest BCUT2D eigenvalue weighted by Gasteiger charge is 2.38. The number of halogens is 3. The second-order valence-corrected chi connectivity index (χ2v) is 3.83. The fourth-order valence-electron chi connectivity index (χ4n) is 1.29. The van der Waals surface area contributed by atoms with Crippen molar-refractivity contribution in [3.05, 3.63) is 29.8 Å². The van der Waals surface area contributed by atoms with E-state index in [9.17, 15) is 22.8 Å². The van der Waals surface area contributed by atoms with Gasteiger partial charge in [0.2, 0.25) is 0 Å². The zero-order chi connectivity index (χ0) is 15.9. The van der Waals surface area contributed by atoms with Gasteiger partial charge in [0, 0.05) is 18.8 Å². The molecule has 112 valence electrons. The predicted molar refractivity (Wildman–Crippen MR) is 67.2 cm³/mol. The first-order valence-electron chi connectivity index (χ1n) is 5.73. The third-order valence-corrected chi connectivity index (χ3v) is 2.20. The highest BCUT2D eigenvalue weighted by atomic mass is 19.4. The third-order valence-electron chi connectivity index (χ3n) is 2.20. The summed E-state index contributed by atoms with van der Waals surface area (Å²) in [5, 5.41) is 14.9. The molecule has 3 amide bonds. The Balaban J connectivity index is 2.32. The van der Waals surface area contributed by atoms with Crippen molar-refractivity contribution in [3.63, 3.8) is 0 Å². The van der Waals surface area contributed by atoms with E-state index in [0.29, 0.717) is 11.3 Å². The molecule has 9 heteroatoms. The summed E-state index contributed by atoms with van der Waals surface area (Å²) in [4.78, 5) is 21.9. The first kappa shape index (κ1) is 16.3. The van der Waals surface area contributed by atoms with Crippen LogP contribution in [0.4, 0.5) is 23.7 Å². The molecule has 0 radical (unpaired) electrons. The van der Waals surface area contributed by atoms with E-state index in [1.165, 1.54) is 6.07 Å². The molecular weight excluding hydrogens is 289 g/mol. The van der Waals surface area contributed by atoms with Crippen molar-refractivity contribution in [3.8, 4) is 6.07 Å².